The van der Waals surface area contributed by atoms with E-state index >= 15 is 0 Å². The molecule has 17 heavy (non-hydrogen) atoms. The highest BCUT2D eigenvalue weighted by Gasteiger charge is 2.15. The minimum Gasteiger partial charge on any atom is -0.481 e. The third-order valence-corrected chi connectivity index (χ3v) is 4.72. The summed E-state index contributed by atoms with van der Waals surface area (Å²) in [6.45, 7) is 4.69. The molecule has 0 saturated heterocycles. The number of rotatable bonds is 7. The topological polar surface area (TPSA) is 9.23 Å². The molecule has 0 radical (unpaired) electrons. The van der Waals surface area contributed by atoms with Crippen molar-refractivity contribution in [2.75, 3.05) is 18.1 Å². The first kappa shape index (κ1) is 14.3. The molecule has 1 aromatic carbocycles. The van der Waals surface area contributed by atoms with Crippen LogP contribution >= 0.6 is 23.5 Å². The van der Waals surface area contributed by atoms with E-state index in [1.54, 1.807) is 0 Å². The van der Waals surface area contributed by atoms with Crippen molar-refractivity contribution in [3.05, 3.63) is 29.8 Å². The molecule has 92 valence electrons. The SMILES string of the molecule is C#CCOc1ccccc1C(SCC)SCC. The molecule has 0 saturated carbocycles. The molecular weight excluding hydrogens is 248 g/mol. The smallest absolute Gasteiger partial charge is 0.148 e. The van der Waals surface area contributed by atoms with E-state index in [0.717, 1.165) is 17.3 Å². The third-order valence-electron chi connectivity index (χ3n) is 2.12. The van der Waals surface area contributed by atoms with Crippen molar-refractivity contribution in [2.45, 2.75) is 18.4 Å². The number of para-hydroxylation sites is 1. The third kappa shape index (κ3) is 4.57. The van der Waals surface area contributed by atoms with Gasteiger partial charge in [-0.25, -0.2) is 0 Å². The summed E-state index contributed by atoms with van der Waals surface area (Å²) < 4.78 is 6.03. The van der Waals surface area contributed by atoms with Crippen LogP contribution in [-0.2, 0) is 0 Å². The minimum absolute atomic E-state index is 0.331. The fourth-order valence-corrected chi connectivity index (χ4v) is 4.01. The van der Waals surface area contributed by atoms with Crippen molar-refractivity contribution >= 4 is 23.5 Å². The summed E-state index contributed by atoms with van der Waals surface area (Å²) in [5, 5.41) is 0. The molecule has 0 aliphatic carbocycles. The fraction of sp³-hybridized carbons (Fsp3) is 0.429. The van der Waals surface area contributed by atoms with Crippen LogP contribution in [0, 0.1) is 12.3 Å². The van der Waals surface area contributed by atoms with Gasteiger partial charge in [-0.2, -0.15) is 0 Å². The maximum Gasteiger partial charge on any atom is 0.148 e. The zero-order valence-electron chi connectivity index (χ0n) is 10.3. The zero-order chi connectivity index (χ0) is 12.5. The number of benzene rings is 1. The molecule has 0 heterocycles. The summed E-state index contributed by atoms with van der Waals surface area (Å²) in [4.78, 5) is 0. The van der Waals surface area contributed by atoms with E-state index in [2.05, 4.69) is 31.9 Å². The van der Waals surface area contributed by atoms with Crippen LogP contribution in [0.15, 0.2) is 24.3 Å². The molecule has 0 bridgehead atoms. The van der Waals surface area contributed by atoms with Crippen molar-refractivity contribution in [3.63, 3.8) is 0 Å². The Balaban J connectivity index is 2.88. The molecular formula is C14H18OS2. The van der Waals surface area contributed by atoms with Gasteiger partial charge in [0.15, 0.2) is 0 Å². The molecule has 0 aromatic heterocycles. The predicted octanol–water partition coefficient (Wildman–Crippen LogP) is 4.20. The largest absolute Gasteiger partial charge is 0.481 e. The van der Waals surface area contributed by atoms with Crippen molar-refractivity contribution < 1.29 is 4.74 Å². The first-order valence-electron chi connectivity index (χ1n) is 5.71. The van der Waals surface area contributed by atoms with Gasteiger partial charge in [-0.05, 0) is 17.6 Å². The Labute approximate surface area is 113 Å². The standard InChI is InChI=1S/C14H18OS2/c1-4-11-15-13-10-8-7-9-12(13)14(16-5-2)17-6-3/h1,7-10,14H,5-6,11H2,2-3H3. The van der Waals surface area contributed by atoms with Crippen LogP contribution in [0.4, 0.5) is 0 Å². The van der Waals surface area contributed by atoms with Gasteiger partial charge in [-0.1, -0.05) is 38.0 Å². The van der Waals surface area contributed by atoms with Crippen LogP contribution in [0.25, 0.3) is 0 Å². The highest BCUT2D eigenvalue weighted by atomic mass is 32.2. The van der Waals surface area contributed by atoms with Gasteiger partial charge in [0.1, 0.15) is 12.4 Å². The van der Waals surface area contributed by atoms with Crippen LogP contribution in [0.1, 0.15) is 24.0 Å². The second-order valence-corrected chi connectivity index (χ2v) is 6.34. The maximum atomic E-state index is 5.60. The van der Waals surface area contributed by atoms with Crippen molar-refractivity contribution in [1.29, 1.82) is 0 Å². The lowest BCUT2D eigenvalue weighted by Crippen LogP contribution is -2.00. The second kappa shape index (κ2) is 8.38. The highest BCUT2D eigenvalue weighted by Crippen LogP contribution is 2.42. The van der Waals surface area contributed by atoms with Crippen molar-refractivity contribution in [3.8, 4) is 18.1 Å². The Morgan fingerprint density at radius 1 is 1.24 bits per heavy atom. The molecule has 0 aliphatic rings. The Kier molecular flexibility index (Phi) is 7.07. The molecule has 0 aliphatic heterocycles. The number of terminal acetylenes is 1. The van der Waals surface area contributed by atoms with E-state index < -0.39 is 0 Å². The Morgan fingerprint density at radius 2 is 1.88 bits per heavy atom. The van der Waals surface area contributed by atoms with Crippen LogP contribution in [0.3, 0.4) is 0 Å². The number of thioether (sulfide) groups is 2. The summed E-state index contributed by atoms with van der Waals surface area (Å²) in [6.07, 6.45) is 5.23. The molecule has 0 unspecified atom stereocenters. The Hall–Kier alpha value is -0.720. The zero-order valence-corrected chi connectivity index (χ0v) is 11.9. The molecule has 3 heteroatoms. The maximum absolute atomic E-state index is 5.60. The summed E-state index contributed by atoms with van der Waals surface area (Å²) in [7, 11) is 0. The lowest BCUT2D eigenvalue weighted by Gasteiger charge is -2.18. The van der Waals surface area contributed by atoms with Crippen LogP contribution in [0.2, 0.25) is 0 Å². The Bertz CT molecular complexity index is 365. The number of ether oxygens (including phenoxy) is 1. The number of hydrogen-bond donors (Lipinski definition) is 0. The van der Waals surface area contributed by atoms with Crippen molar-refractivity contribution in [1.82, 2.24) is 0 Å². The second-order valence-electron chi connectivity index (χ2n) is 3.27. The lowest BCUT2D eigenvalue weighted by molar-refractivity contribution is 0.367. The van der Waals surface area contributed by atoms with Gasteiger partial charge in [0.05, 0.1) is 4.58 Å². The van der Waals surface area contributed by atoms with Crippen LogP contribution in [0.5, 0.6) is 5.75 Å². The highest BCUT2D eigenvalue weighted by molar-refractivity contribution is 8.16. The average molecular weight is 266 g/mol. The molecule has 1 aromatic rings. The molecule has 1 nitrogen and oxygen atoms in total. The fourth-order valence-electron chi connectivity index (χ4n) is 1.46. The predicted molar refractivity (Wildman–Crippen MR) is 79.8 cm³/mol. The van der Waals surface area contributed by atoms with E-state index in [9.17, 15) is 0 Å². The van der Waals surface area contributed by atoms with Gasteiger partial charge in [0.2, 0.25) is 0 Å². The van der Waals surface area contributed by atoms with Gasteiger partial charge in [0, 0.05) is 5.56 Å². The van der Waals surface area contributed by atoms with Crippen LogP contribution < -0.4 is 4.74 Å². The van der Waals surface area contributed by atoms with Gasteiger partial charge in [-0.3, -0.25) is 0 Å². The van der Waals surface area contributed by atoms with Gasteiger partial charge in [-0.15, -0.1) is 29.9 Å². The minimum atomic E-state index is 0.331. The first-order chi connectivity index (χ1) is 8.33. The molecule has 0 fully saturated rings. The summed E-state index contributed by atoms with van der Waals surface area (Å²) in [6, 6.07) is 8.16. The monoisotopic (exact) mass is 266 g/mol. The molecule has 1 rings (SSSR count). The summed E-state index contributed by atoms with van der Waals surface area (Å²) in [5.41, 5.74) is 1.24. The normalized spacial score (nSPS) is 10.2. The van der Waals surface area contributed by atoms with Crippen LogP contribution in [-0.4, -0.2) is 18.1 Å². The van der Waals surface area contributed by atoms with E-state index in [1.807, 2.05) is 35.7 Å². The van der Waals surface area contributed by atoms with Crippen molar-refractivity contribution in [2.24, 2.45) is 0 Å². The molecule has 0 amide bonds. The van der Waals surface area contributed by atoms with E-state index in [-0.39, 0.29) is 0 Å². The Morgan fingerprint density at radius 3 is 2.47 bits per heavy atom. The average Bonchev–Trinajstić information content (AvgIpc) is 2.36. The summed E-state index contributed by atoms with van der Waals surface area (Å²) in [5.74, 6) is 5.62. The number of hydrogen-bond acceptors (Lipinski definition) is 3. The molecule has 0 atom stereocenters. The summed E-state index contributed by atoms with van der Waals surface area (Å²) >= 11 is 3.87. The quantitative estimate of drug-likeness (QED) is 0.540. The van der Waals surface area contributed by atoms with E-state index in [4.69, 9.17) is 11.2 Å². The lowest BCUT2D eigenvalue weighted by atomic mass is 10.2. The van der Waals surface area contributed by atoms with Gasteiger partial charge < -0.3 is 4.74 Å². The van der Waals surface area contributed by atoms with E-state index in [1.165, 1.54) is 5.56 Å². The first-order valence-corrected chi connectivity index (χ1v) is 7.81. The molecule has 0 spiro atoms. The molecule has 0 N–H and O–H groups in total. The van der Waals surface area contributed by atoms with Gasteiger partial charge >= 0.3 is 0 Å². The van der Waals surface area contributed by atoms with Gasteiger partial charge in [0.25, 0.3) is 0 Å². The van der Waals surface area contributed by atoms with E-state index in [0.29, 0.717) is 11.2 Å².